The average molecular weight is 301 g/mol. The Labute approximate surface area is 132 Å². The molecule has 6 rings (SSSR count). The lowest BCUT2D eigenvalue weighted by atomic mass is 9.44. The van der Waals surface area contributed by atoms with Gasteiger partial charge in [-0.25, -0.2) is 4.98 Å². The molecule has 4 bridgehead atoms. The number of nitrogens with zero attached hydrogens (tertiary/aromatic N) is 2. The minimum atomic E-state index is -0.263. The van der Waals surface area contributed by atoms with E-state index in [1.807, 2.05) is 0 Å². The van der Waals surface area contributed by atoms with Crippen molar-refractivity contribution in [3.05, 3.63) is 12.2 Å². The third-order valence-electron chi connectivity index (χ3n) is 7.41. The highest BCUT2D eigenvalue weighted by atomic mass is 16.5. The van der Waals surface area contributed by atoms with Gasteiger partial charge in [0.25, 0.3) is 0 Å². The molecule has 5 fully saturated rings. The quantitative estimate of drug-likeness (QED) is 0.907. The summed E-state index contributed by atoms with van der Waals surface area (Å²) in [5.74, 6) is 4.54. The van der Waals surface area contributed by atoms with Crippen LogP contribution in [0.5, 0.6) is 0 Å². The molecule has 0 amide bonds. The minimum absolute atomic E-state index is 0.263. The van der Waals surface area contributed by atoms with Crippen molar-refractivity contribution < 1.29 is 4.74 Å². The van der Waals surface area contributed by atoms with Crippen LogP contribution in [0.4, 0.5) is 0 Å². The van der Waals surface area contributed by atoms with E-state index in [4.69, 9.17) is 4.74 Å². The zero-order valence-corrected chi connectivity index (χ0v) is 13.6. The van der Waals surface area contributed by atoms with Gasteiger partial charge in [-0.15, -0.1) is 0 Å². The van der Waals surface area contributed by atoms with Crippen molar-refractivity contribution in [3.8, 4) is 0 Å². The summed E-state index contributed by atoms with van der Waals surface area (Å²) in [5, 5.41) is 7.23. The molecule has 4 saturated carbocycles. The van der Waals surface area contributed by atoms with Gasteiger partial charge >= 0.3 is 0 Å². The van der Waals surface area contributed by atoms with E-state index in [1.54, 1.807) is 6.33 Å². The van der Waals surface area contributed by atoms with Crippen molar-refractivity contribution in [3.63, 3.8) is 0 Å². The summed E-state index contributed by atoms with van der Waals surface area (Å²) in [6, 6.07) is 0. The second-order valence-corrected chi connectivity index (χ2v) is 8.76. The maximum absolute atomic E-state index is 6.38. The summed E-state index contributed by atoms with van der Waals surface area (Å²) < 4.78 is 6.38. The molecule has 0 aromatic carbocycles. The summed E-state index contributed by atoms with van der Waals surface area (Å²) in [6.07, 6.45) is 13.0. The predicted octanol–water partition coefficient (Wildman–Crippen LogP) is 3.66. The number of H-pyrrole nitrogens is 1. The molecule has 1 N–H and O–H groups in total. The van der Waals surface area contributed by atoms with Crippen molar-refractivity contribution in [2.75, 3.05) is 6.61 Å². The molecule has 5 aliphatic rings. The maximum Gasteiger partial charge on any atom is 0.156 e. The third-order valence-corrected chi connectivity index (χ3v) is 7.41. The lowest BCUT2D eigenvalue weighted by Gasteiger charge is -2.62. The van der Waals surface area contributed by atoms with Crippen LogP contribution in [-0.4, -0.2) is 21.8 Å². The molecule has 2 heterocycles. The molecule has 4 heteroatoms. The SMILES string of the molecule is CC1(c2ncn[nH]2)OCCCC1C12CC3CC(CC(C3)C1)C2. The molecule has 2 atom stereocenters. The van der Waals surface area contributed by atoms with Gasteiger partial charge in [-0.05, 0) is 81.5 Å². The predicted molar refractivity (Wildman–Crippen MR) is 83.0 cm³/mol. The van der Waals surface area contributed by atoms with Gasteiger partial charge in [0, 0.05) is 12.5 Å². The fourth-order valence-corrected chi connectivity index (χ4v) is 7.12. The molecule has 4 aliphatic carbocycles. The molecule has 4 nitrogen and oxygen atoms in total. The molecule has 0 spiro atoms. The van der Waals surface area contributed by atoms with Gasteiger partial charge in [-0.1, -0.05) is 0 Å². The van der Waals surface area contributed by atoms with Crippen LogP contribution < -0.4 is 0 Å². The molecule has 1 aliphatic heterocycles. The van der Waals surface area contributed by atoms with Crippen molar-refractivity contribution in [1.82, 2.24) is 15.2 Å². The summed E-state index contributed by atoms with van der Waals surface area (Å²) in [5.41, 5.74) is 0.247. The number of rotatable bonds is 2. The molecular formula is C18H27N3O. The van der Waals surface area contributed by atoms with Crippen molar-refractivity contribution in [2.45, 2.75) is 63.9 Å². The Kier molecular flexibility index (Phi) is 2.80. The van der Waals surface area contributed by atoms with Crippen LogP contribution in [0.3, 0.4) is 0 Å². The zero-order chi connectivity index (χ0) is 14.8. The Balaban J connectivity index is 1.55. The van der Waals surface area contributed by atoms with Gasteiger partial charge in [0.05, 0.1) is 0 Å². The standard InChI is InChI=1S/C18H27N3O/c1-17(16-19-11-20-21-16)15(3-2-4-22-17)18-8-12-5-13(9-18)7-14(6-12)10-18/h11-15H,2-10H2,1H3,(H,19,20,21). The van der Waals surface area contributed by atoms with Crippen LogP contribution in [0.15, 0.2) is 6.33 Å². The number of aromatic nitrogens is 3. The number of hydrogen-bond acceptors (Lipinski definition) is 3. The Hall–Kier alpha value is -0.900. The fraction of sp³-hybridized carbons (Fsp3) is 0.889. The molecule has 1 saturated heterocycles. The topological polar surface area (TPSA) is 50.8 Å². The van der Waals surface area contributed by atoms with Crippen LogP contribution >= 0.6 is 0 Å². The maximum atomic E-state index is 6.38. The highest BCUT2D eigenvalue weighted by Gasteiger charge is 2.59. The molecular weight excluding hydrogens is 274 g/mol. The van der Waals surface area contributed by atoms with Crippen LogP contribution in [0.2, 0.25) is 0 Å². The van der Waals surface area contributed by atoms with Crippen molar-refractivity contribution in [1.29, 1.82) is 0 Å². The summed E-state index contributed by atoms with van der Waals surface area (Å²) in [6.45, 7) is 3.13. The summed E-state index contributed by atoms with van der Waals surface area (Å²) in [7, 11) is 0. The largest absolute Gasteiger partial charge is 0.367 e. The fourth-order valence-electron chi connectivity index (χ4n) is 7.12. The zero-order valence-electron chi connectivity index (χ0n) is 13.6. The Morgan fingerprint density at radius 3 is 2.41 bits per heavy atom. The number of ether oxygens (including phenoxy) is 1. The Bertz CT molecular complexity index is 519. The van der Waals surface area contributed by atoms with Gasteiger partial charge in [-0.2, -0.15) is 5.10 Å². The van der Waals surface area contributed by atoms with Gasteiger partial charge in [0.1, 0.15) is 11.9 Å². The molecule has 1 aromatic heterocycles. The first kappa shape index (κ1) is 13.5. The van der Waals surface area contributed by atoms with Gasteiger partial charge in [0.2, 0.25) is 0 Å². The van der Waals surface area contributed by atoms with Gasteiger partial charge < -0.3 is 4.74 Å². The lowest BCUT2D eigenvalue weighted by Crippen LogP contribution is -2.56. The molecule has 22 heavy (non-hydrogen) atoms. The third kappa shape index (κ3) is 1.79. The smallest absolute Gasteiger partial charge is 0.156 e. The Morgan fingerprint density at radius 2 is 1.82 bits per heavy atom. The van der Waals surface area contributed by atoms with E-state index >= 15 is 0 Å². The first-order valence-corrected chi connectivity index (χ1v) is 9.18. The first-order chi connectivity index (χ1) is 10.7. The van der Waals surface area contributed by atoms with Crippen molar-refractivity contribution in [2.24, 2.45) is 29.1 Å². The van der Waals surface area contributed by atoms with Crippen LogP contribution in [0, 0.1) is 29.1 Å². The van der Waals surface area contributed by atoms with Gasteiger partial charge in [0.15, 0.2) is 5.82 Å². The van der Waals surface area contributed by atoms with E-state index in [1.165, 1.54) is 51.4 Å². The second kappa shape index (κ2) is 4.56. The first-order valence-electron chi connectivity index (χ1n) is 9.18. The Morgan fingerprint density at radius 1 is 1.14 bits per heavy atom. The van der Waals surface area contributed by atoms with E-state index < -0.39 is 0 Å². The van der Waals surface area contributed by atoms with Gasteiger partial charge in [-0.3, -0.25) is 5.10 Å². The second-order valence-electron chi connectivity index (χ2n) is 8.76. The van der Waals surface area contributed by atoms with Crippen LogP contribution in [0.25, 0.3) is 0 Å². The van der Waals surface area contributed by atoms with E-state index in [0.29, 0.717) is 11.3 Å². The van der Waals surface area contributed by atoms with E-state index in [0.717, 1.165) is 30.2 Å². The van der Waals surface area contributed by atoms with E-state index in [9.17, 15) is 0 Å². The molecule has 0 radical (unpaired) electrons. The van der Waals surface area contributed by atoms with E-state index in [-0.39, 0.29) is 5.60 Å². The number of hydrogen-bond donors (Lipinski definition) is 1. The number of aromatic amines is 1. The monoisotopic (exact) mass is 301 g/mol. The average Bonchev–Trinajstić information content (AvgIpc) is 3.01. The molecule has 2 unspecified atom stereocenters. The lowest BCUT2D eigenvalue weighted by molar-refractivity contribution is -0.199. The summed E-state index contributed by atoms with van der Waals surface area (Å²) in [4.78, 5) is 4.50. The van der Waals surface area contributed by atoms with Crippen molar-refractivity contribution >= 4 is 0 Å². The normalized spacial score (nSPS) is 50.4. The number of nitrogens with one attached hydrogen (secondary N) is 1. The molecule has 120 valence electrons. The summed E-state index contributed by atoms with van der Waals surface area (Å²) >= 11 is 0. The van der Waals surface area contributed by atoms with E-state index in [2.05, 4.69) is 22.1 Å². The van der Waals surface area contributed by atoms with Crippen LogP contribution in [-0.2, 0) is 10.3 Å². The minimum Gasteiger partial charge on any atom is -0.367 e. The molecule has 1 aromatic rings. The highest BCUT2D eigenvalue weighted by Crippen LogP contribution is 2.66. The van der Waals surface area contributed by atoms with Crippen LogP contribution in [0.1, 0.15) is 64.1 Å². The highest BCUT2D eigenvalue weighted by molar-refractivity contribution is 5.12.